The van der Waals surface area contributed by atoms with E-state index in [-0.39, 0.29) is 12.0 Å². The van der Waals surface area contributed by atoms with Crippen LogP contribution in [0.25, 0.3) is 0 Å². The van der Waals surface area contributed by atoms with Crippen LogP contribution in [0.4, 0.5) is 0 Å². The Kier molecular flexibility index (Phi) is 4.02. The highest BCUT2D eigenvalue weighted by atomic mass is 16.5. The lowest BCUT2D eigenvalue weighted by Crippen LogP contribution is -2.19. The maximum absolute atomic E-state index is 11.0. The third kappa shape index (κ3) is 2.80. The molecule has 0 aliphatic rings. The van der Waals surface area contributed by atoms with Crippen molar-refractivity contribution in [3.63, 3.8) is 0 Å². The zero-order valence-corrected chi connectivity index (χ0v) is 8.84. The van der Waals surface area contributed by atoms with Crippen LogP contribution in [0, 0.1) is 0 Å². The van der Waals surface area contributed by atoms with Crippen LogP contribution in [0.5, 0.6) is 0 Å². The van der Waals surface area contributed by atoms with E-state index in [9.17, 15) is 9.59 Å². The van der Waals surface area contributed by atoms with Crippen LogP contribution in [0.1, 0.15) is 28.4 Å². The van der Waals surface area contributed by atoms with Crippen molar-refractivity contribution >= 4 is 11.9 Å². The zero-order chi connectivity index (χ0) is 12.1. The fourth-order valence-electron chi connectivity index (χ4n) is 1.39. The van der Waals surface area contributed by atoms with Crippen LogP contribution >= 0.6 is 0 Å². The Morgan fingerprint density at radius 3 is 2.62 bits per heavy atom. The minimum Gasteiger partial charge on any atom is -0.478 e. The van der Waals surface area contributed by atoms with Gasteiger partial charge in [-0.15, -0.1) is 0 Å². The Morgan fingerprint density at radius 2 is 2.06 bits per heavy atom. The lowest BCUT2D eigenvalue weighted by Gasteiger charge is -2.12. The molecule has 0 aliphatic carbocycles. The Labute approximate surface area is 92.8 Å². The highest BCUT2D eigenvalue weighted by Gasteiger charge is 2.18. The molecule has 3 N–H and O–H groups in total. The molecule has 5 nitrogen and oxygen atoms in total. The second kappa shape index (κ2) is 5.27. The van der Waals surface area contributed by atoms with Gasteiger partial charge in [0.1, 0.15) is 0 Å². The molecule has 0 bridgehead atoms. The van der Waals surface area contributed by atoms with Crippen LogP contribution in [0.15, 0.2) is 24.3 Å². The zero-order valence-electron chi connectivity index (χ0n) is 8.84. The molecule has 1 atom stereocenters. The number of benzene rings is 1. The molecular formula is C11H13NO4. The number of rotatable bonds is 4. The van der Waals surface area contributed by atoms with Crippen molar-refractivity contribution in [2.24, 2.45) is 5.73 Å². The highest BCUT2D eigenvalue weighted by Crippen LogP contribution is 2.19. The normalized spacial score (nSPS) is 11.9. The summed E-state index contributed by atoms with van der Waals surface area (Å²) >= 11 is 0. The Morgan fingerprint density at radius 1 is 1.44 bits per heavy atom. The van der Waals surface area contributed by atoms with Gasteiger partial charge in [0, 0.05) is 6.04 Å². The summed E-state index contributed by atoms with van der Waals surface area (Å²) in [5, 5.41) is 8.93. The topological polar surface area (TPSA) is 89.6 Å². The minimum absolute atomic E-state index is 0.0409. The van der Waals surface area contributed by atoms with Crippen molar-refractivity contribution in [2.75, 3.05) is 7.11 Å². The molecule has 0 unspecified atom stereocenters. The molecule has 1 rings (SSSR count). The molecule has 0 saturated heterocycles. The molecule has 5 heteroatoms. The molecule has 0 aromatic heterocycles. The molecule has 1 aromatic rings. The number of carbonyl (C=O) groups is 2. The number of ether oxygens (including phenoxy) is 1. The maximum atomic E-state index is 11.0. The van der Waals surface area contributed by atoms with Gasteiger partial charge in [-0.3, -0.25) is 4.79 Å². The van der Waals surface area contributed by atoms with E-state index in [1.54, 1.807) is 18.2 Å². The van der Waals surface area contributed by atoms with Gasteiger partial charge in [0.05, 0.1) is 19.1 Å². The number of carboxylic acids is 1. The molecule has 0 heterocycles. The van der Waals surface area contributed by atoms with Crippen LogP contribution in [0.2, 0.25) is 0 Å². The number of hydrogen-bond acceptors (Lipinski definition) is 4. The maximum Gasteiger partial charge on any atom is 0.336 e. The molecule has 0 aliphatic heterocycles. The molecule has 86 valence electrons. The highest BCUT2D eigenvalue weighted by molar-refractivity contribution is 5.89. The molecule has 0 radical (unpaired) electrons. The average Bonchev–Trinajstić information content (AvgIpc) is 2.28. The molecule has 0 spiro atoms. The Bertz CT molecular complexity index is 403. The summed E-state index contributed by atoms with van der Waals surface area (Å²) < 4.78 is 4.48. The van der Waals surface area contributed by atoms with E-state index < -0.39 is 18.0 Å². The first-order valence-corrected chi connectivity index (χ1v) is 4.71. The Balaban J connectivity index is 2.94. The van der Waals surface area contributed by atoms with E-state index in [0.717, 1.165) is 0 Å². The van der Waals surface area contributed by atoms with Gasteiger partial charge in [-0.05, 0) is 11.6 Å². The third-order valence-electron chi connectivity index (χ3n) is 2.20. The summed E-state index contributed by atoms with van der Waals surface area (Å²) in [5.74, 6) is -1.52. The van der Waals surface area contributed by atoms with Crippen molar-refractivity contribution in [3.05, 3.63) is 35.4 Å². The average molecular weight is 223 g/mol. The molecule has 0 amide bonds. The second-order valence-electron chi connectivity index (χ2n) is 3.28. The number of methoxy groups -OCH3 is 1. The van der Waals surface area contributed by atoms with Crippen LogP contribution in [-0.2, 0) is 9.53 Å². The SMILES string of the molecule is COC(=O)C[C@H](N)c1ccccc1C(=O)O. The van der Waals surface area contributed by atoms with Crippen molar-refractivity contribution in [3.8, 4) is 0 Å². The number of carboxylic acid groups (broad SMARTS) is 1. The fraction of sp³-hybridized carbons (Fsp3) is 0.273. The minimum atomic E-state index is -1.06. The molecule has 16 heavy (non-hydrogen) atoms. The lowest BCUT2D eigenvalue weighted by molar-refractivity contribution is -0.141. The number of carbonyl (C=O) groups excluding carboxylic acids is 1. The smallest absolute Gasteiger partial charge is 0.336 e. The largest absolute Gasteiger partial charge is 0.478 e. The number of esters is 1. The summed E-state index contributed by atoms with van der Waals surface area (Å²) in [7, 11) is 1.26. The molecule has 1 aromatic carbocycles. The van der Waals surface area contributed by atoms with E-state index in [2.05, 4.69) is 4.74 Å². The van der Waals surface area contributed by atoms with Gasteiger partial charge in [-0.1, -0.05) is 18.2 Å². The second-order valence-corrected chi connectivity index (χ2v) is 3.28. The van der Waals surface area contributed by atoms with E-state index in [1.165, 1.54) is 13.2 Å². The van der Waals surface area contributed by atoms with Gasteiger partial charge >= 0.3 is 11.9 Å². The first kappa shape index (κ1) is 12.2. The van der Waals surface area contributed by atoms with Gasteiger partial charge < -0.3 is 15.6 Å². The standard InChI is InChI=1S/C11H13NO4/c1-16-10(13)6-9(12)7-4-2-3-5-8(7)11(14)15/h2-5,9H,6,12H2,1H3,(H,14,15)/t9-/m0/s1. The fourth-order valence-corrected chi connectivity index (χ4v) is 1.39. The predicted molar refractivity (Wildman–Crippen MR) is 57.0 cm³/mol. The van der Waals surface area contributed by atoms with Gasteiger partial charge in [-0.25, -0.2) is 4.79 Å². The molecule has 0 fully saturated rings. The summed E-state index contributed by atoms with van der Waals surface area (Å²) in [6.45, 7) is 0. The first-order chi connectivity index (χ1) is 7.56. The third-order valence-corrected chi connectivity index (χ3v) is 2.20. The van der Waals surface area contributed by atoms with Crippen LogP contribution < -0.4 is 5.73 Å². The van der Waals surface area contributed by atoms with Crippen LogP contribution in [0.3, 0.4) is 0 Å². The summed E-state index contributed by atoms with van der Waals surface area (Å²) in [5.41, 5.74) is 6.29. The summed E-state index contributed by atoms with van der Waals surface area (Å²) in [4.78, 5) is 21.9. The van der Waals surface area contributed by atoms with Gasteiger partial charge in [0.25, 0.3) is 0 Å². The van der Waals surface area contributed by atoms with Gasteiger partial charge in [0.2, 0.25) is 0 Å². The van der Waals surface area contributed by atoms with Gasteiger partial charge in [0.15, 0.2) is 0 Å². The van der Waals surface area contributed by atoms with Crippen molar-refractivity contribution in [1.29, 1.82) is 0 Å². The van der Waals surface area contributed by atoms with Crippen molar-refractivity contribution < 1.29 is 19.4 Å². The predicted octanol–water partition coefficient (Wildman–Crippen LogP) is 0.948. The van der Waals surface area contributed by atoms with E-state index in [0.29, 0.717) is 5.56 Å². The monoisotopic (exact) mass is 223 g/mol. The summed E-state index contributed by atoms with van der Waals surface area (Å²) in [6.07, 6.45) is -0.0409. The molecular weight excluding hydrogens is 210 g/mol. The van der Waals surface area contributed by atoms with E-state index in [1.807, 2.05) is 0 Å². The first-order valence-electron chi connectivity index (χ1n) is 4.71. The number of nitrogens with two attached hydrogens (primary N) is 1. The number of aromatic carboxylic acids is 1. The van der Waals surface area contributed by atoms with Gasteiger partial charge in [-0.2, -0.15) is 0 Å². The van der Waals surface area contributed by atoms with Crippen LogP contribution in [-0.4, -0.2) is 24.2 Å². The quantitative estimate of drug-likeness (QED) is 0.741. The summed E-state index contributed by atoms with van der Waals surface area (Å²) in [6, 6.07) is 5.67. The van der Waals surface area contributed by atoms with E-state index in [4.69, 9.17) is 10.8 Å². The van der Waals surface area contributed by atoms with E-state index >= 15 is 0 Å². The van der Waals surface area contributed by atoms with Crippen molar-refractivity contribution in [2.45, 2.75) is 12.5 Å². The van der Waals surface area contributed by atoms with Crippen molar-refractivity contribution in [1.82, 2.24) is 0 Å². The lowest BCUT2D eigenvalue weighted by atomic mass is 9.99. The molecule has 0 saturated carbocycles. The number of hydrogen-bond donors (Lipinski definition) is 2. The Hall–Kier alpha value is -1.88.